The molecule has 1 unspecified atom stereocenters. The molecule has 2 fully saturated rings. The molecular formula is C28H41N7O2. The first-order valence-corrected chi connectivity index (χ1v) is 13.5. The van der Waals surface area contributed by atoms with Gasteiger partial charge in [0, 0.05) is 76.9 Å². The van der Waals surface area contributed by atoms with Gasteiger partial charge >= 0.3 is 0 Å². The molecular weight excluding hydrogens is 466 g/mol. The second-order valence-corrected chi connectivity index (χ2v) is 10.7. The number of likely N-dealkylation sites (N-methyl/N-ethyl adjacent to an activating group) is 2. The number of carbonyl (C=O) groups excluding carboxylic acids is 1. The SMILES string of the molecule is CC1C(=O)N(C)c2ccc(Nc3ccc(N4CCN(CCN(C)C)CC4)cc3)nc2N1C1CCOCC1. The van der Waals surface area contributed by atoms with Crippen molar-refractivity contribution < 1.29 is 9.53 Å². The van der Waals surface area contributed by atoms with Gasteiger partial charge in [-0.25, -0.2) is 4.98 Å². The summed E-state index contributed by atoms with van der Waals surface area (Å²) in [7, 11) is 6.11. The molecule has 9 heteroatoms. The number of carbonyl (C=O) groups is 1. The van der Waals surface area contributed by atoms with Crippen LogP contribution in [0, 0.1) is 0 Å². The largest absolute Gasteiger partial charge is 0.381 e. The summed E-state index contributed by atoms with van der Waals surface area (Å²) in [5, 5.41) is 3.49. The summed E-state index contributed by atoms with van der Waals surface area (Å²) in [6.45, 7) is 9.99. The lowest BCUT2D eigenvalue weighted by Crippen LogP contribution is -2.56. The van der Waals surface area contributed by atoms with E-state index in [4.69, 9.17) is 9.72 Å². The Bertz CT molecular complexity index is 1060. The molecule has 9 nitrogen and oxygen atoms in total. The van der Waals surface area contributed by atoms with Gasteiger partial charge in [0.25, 0.3) is 0 Å². The zero-order valence-corrected chi connectivity index (χ0v) is 22.7. The third-order valence-corrected chi connectivity index (χ3v) is 7.89. The van der Waals surface area contributed by atoms with E-state index < -0.39 is 0 Å². The molecule has 1 amide bonds. The van der Waals surface area contributed by atoms with Crippen molar-refractivity contribution in [2.24, 2.45) is 0 Å². The summed E-state index contributed by atoms with van der Waals surface area (Å²) in [4.78, 5) is 29.2. The van der Waals surface area contributed by atoms with E-state index in [9.17, 15) is 4.79 Å². The second kappa shape index (κ2) is 11.2. The van der Waals surface area contributed by atoms with Crippen LogP contribution in [0.4, 0.5) is 28.7 Å². The van der Waals surface area contributed by atoms with E-state index in [0.717, 1.165) is 88.3 Å². The minimum atomic E-state index is -0.244. The van der Waals surface area contributed by atoms with Crippen LogP contribution in [-0.2, 0) is 9.53 Å². The standard InChI is InChI=1S/C28H41N7O2/c1-21-28(36)32(4)25-9-10-26(30-27(25)35(21)24-11-19-37-20-12-24)29-22-5-7-23(8-6-22)34-17-15-33(16-18-34)14-13-31(2)3/h5-10,21,24H,11-20H2,1-4H3,(H,29,30). The molecule has 1 aromatic carbocycles. The van der Waals surface area contributed by atoms with Crippen LogP contribution >= 0.6 is 0 Å². The number of ether oxygens (including phenoxy) is 1. The fourth-order valence-electron chi connectivity index (χ4n) is 5.59. The number of fused-ring (bicyclic) bond motifs is 1. The average Bonchev–Trinajstić information content (AvgIpc) is 2.92. The van der Waals surface area contributed by atoms with E-state index >= 15 is 0 Å². The number of hydrogen-bond donors (Lipinski definition) is 1. The Morgan fingerprint density at radius 3 is 2.41 bits per heavy atom. The zero-order valence-electron chi connectivity index (χ0n) is 22.7. The summed E-state index contributed by atoms with van der Waals surface area (Å²) in [5.41, 5.74) is 3.13. The van der Waals surface area contributed by atoms with Crippen molar-refractivity contribution in [2.45, 2.75) is 31.8 Å². The van der Waals surface area contributed by atoms with E-state index in [1.54, 1.807) is 4.90 Å². The van der Waals surface area contributed by atoms with E-state index in [0.29, 0.717) is 0 Å². The van der Waals surface area contributed by atoms with Crippen LogP contribution in [0.15, 0.2) is 36.4 Å². The molecule has 0 spiro atoms. The van der Waals surface area contributed by atoms with Crippen LogP contribution in [0.1, 0.15) is 19.8 Å². The molecule has 0 radical (unpaired) electrons. The van der Waals surface area contributed by atoms with Crippen LogP contribution in [0.3, 0.4) is 0 Å². The summed E-state index contributed by atoms with van der Waals surface area (Å²) >= 11 is 0. The lowest BCUT2D eigenvalue weighted by molar-refractivity contribution is -0.119. The molecule has 3 aliphatic heterocycles. The number of nitrogens with one attached hydrogen (secondary N) is 1. The Morgan fingerprint density at radius 2 is 1.73 bits per heavy atom. The number of benzene rings is 1. The van der Waals surface area contributed by atoms with Gasteiger partial charge in [0.15, 0.2) is 5.82 Å². The van der Waals surface area contributed by atoms with E-state index in [2.05, 4.69) is 63.3 Å². The second-order valence-electron chi connectivity index (χ2n) is 10.7. The first kappa shape index (κ1) is 25.8. The first-order chi connectivity index (χ1) is 17.9. The van der Waals surface area contributed by atoms with Crippen molar-refractivity contribution in [2.75, 3.05) is 93.6 Å². The lowest BCUT2D eigenvalue weighted by atomic mass is 10.0. The van der Waals surface area contributed by atoms with Gasteiger partial charge in [-0.1, -0.05) is 0 Å². The number of anilines is 5. The summed E-state index contributed by atoms with van der Waals surface area (Å²) in [6, 6.07) is 12.6. The van der Waals surface area contributed by atoms with E-state index in [-0.39, 0.29) is 18.0 Å². The quantitative estimate of drug-likeness (QED) is 0.614. The Balaban J connectivity index is 1.27. The van der Waals surface area contributed by atoms with Gasteiger partial charge in [0.05, 0.1) is 5.69 Å². The van der Waals surface area contributed by atoms with Crippen LogP contribution < -0.4 is 20.0 Å². The van der Waals surface area contributed by atoms with Crippen LogP contribution in [0.25, 0.3) is 0 Å². The number of nitrogens with zero attached hydrogens (tertiary/aromatic N) is 6. The molecule has 0 saturated carbocycles. The molecule has 2 aromatic rings. The summed E-state index contributed by atoms with van der Waals surface area (Å²) in [6.07, 6.45) is 1.82. The Morgan fingerprint density at radius 1 is 1.03 bits per heavy atom. The zero-order chi connectivity index (χ0) is 25.9. The maximum atomic E-state index is 13.0. The fourth-order valence-corrected chi connectivity index (χ4v) is 5.59. The molecule has 1 aromatic heterocycles. The molecule has 0 bridgehead atoms. The Labute approximate surface area is 221 Å². The lowest BCUT2D eigenvalue weighted by Gasteiger charge is -2.44. The van der Waals surface area contributed by atoms with Gasteiger partial charge in [-0.15, -0.1) is 0 Å². The highest BCUT2D eigenvalue weighted by Crippen LogP contribution is 2.38. The molecule has 200 valence electrons. The van der Waals surface area contributed by atoms with Crippen molar-refractivity contribution in [3.05, 3.63) is 36.4 Å². The van der Waals surface area contributed by atoms with Gasteiger partial charge in [-0.05, 0) is 70.3 Å². The molecule has 2 saturated heterocycles. The van der Waals surface area contributed by atoms with Gasteiger partial charge < -0.3 is 29.7 Å². The number of piperazine rings is 1. The number of pyridine rings is 1. The fraction of sp³-hybridized carbons (Fsp3) is 0.571. The smallest absolute Gasteiger partial charge is 0.249 e. The van der Waals surface area contributed by atoms with Gasteiger partial charge in [-0.2, -0.15) is 0 Å². The minimum absolute atomic E-state index is 0.107. The van der Waals surface area contributed by atoms with E-state index in [1.807, 2.05) is 26.1 Å². The van der Waals surface area contributed by atoms with Crippen LogP contribution in [0.5, 0.6) is 0 Å². The Hall–Kier alpha value is -2.88. The number of hydrogen-bond acceptors (Lipinski definition) is 8. The minimum Gasteiger partial charge on any atom is -0.381 e. The highest BCUT2D eigenvalue weighted by atomic mass is 16.5. The summed E-state index contributed by atoms with van der Waals surface area (Å²) in [5.74, 6) is 1.76. The molecule has 37 heavy (non-hydrogen) atoms. The maximum Gasteiger partial charge on any atom is 0.249 e. The van der Waals surface area contributed by atoms with Gasteiger partial charge in [0.1, 0.15) is 11.9 Å². The predicted molar refractivity (Wildman–Crippen MR) is 150 cm³/mol. The molecule has 3 aliphatic rings. The third-order valence-electron chi connectivity index (χ3n) is 7.89. The topological polar surface area (TPSA) is 67.4 Å². The highest BCUT2D eigenvalue weighted by molar-refractivity contribution is 6.04. The molecule has 0 aliphatic carbocycles. The monoisotopic (exact) mass is 507 g/mol. The van der Waals surface area contributed by atoms with Crippen molar-refractivity contribution in [3.63, 3.8) is 0 Å². The number of aromatic nitrogens is 1. The first-order valence-electron chi connectivity index (χ1n) is 13.5. The van der Waals surface area contributed by atoms with Gasteiger partial charge in [-0.3, -0.25) is 9.69 Å². The maximum absolute atomic E-state index is 13.0. The van der Waals surface area contributed by atoms with Crippen molar-refractivity contribution in [1.29, 1.82) is 0 Å². The van der Waals surface area contributed by atoms with Crippen molar-refractivity contribution >= 4 is 34.6 Å². The predicted octanol–water partition coefficient (Wildman–Crippen LogP) is 2.86. The van der Waals surface area contributed by atoms with Gasteiger partial charge in [0.2, 0.25) is 5.91 Å². The Kier molecular flexibility index (Phi) is 7.83. The third kappa shape index (κ3) is 5.68. The number of amides is 1. The number of rotatable bonds is 7. The molecule has 5 rings (SSSR count). The van der Waals surface area contributed by atoms with Crippen LogP contribution in [0.2, 0.25) is 0 Å². The average molecular weight is 508 g/mol. The summed E-state index contributed by atoms with van der Waals surface area (Å²) < 4.78 is 5.58. The van der Waals surface area contributed by atoms with Crippen LogP contribution in [-0.4, -0.2) is 106 Å². The highest BCUT2D eigenvalue weighted by Gasteiger charge is 2.39. The van der Waals surface area contributed by atoms with E-state index in [1.165, 1.54) is 5.69 Å². The molecule has 1 atom stereocenters. The molecule has 4 heterocycles. The van der Waals surface area contributed by atoms with Crippen molar-refractivity contribution in [1.82, 2.24) is 14.8 Å². The normalized spacial score (nSPS) is 21.5. The molecule has 1 N–H and O–H groups in total. The van der Waals surface area contributed by atoms with Crippen molar-refractivity contribution in [3.8, 4) is 0 Å².